The molecule has 0 radical (unpaired) electrons. The van der Waals surface area contributed by atoms with Crippen molar-refractivity contribution in [2.75, 3.05) is 20.8 Å². The summed E-state index contributed by atoms with van der Waals surface area (Å²) in [6.07, 6.45) is -2.44. The van der Waals surface area contributed by atoms with Gasteiger partial charge < -0.3 is 32.7 Å². The van der Waals surface area contributed by atoms with E-state index in [0.29, 0.717) is 13.2 Å². The van der Waals surface area contributed by atoms with Crippen molar-refractivity contribution < 1.29 is 37.3 Å². The second kappa shape index (κ2) is 11.0. The molecule has 2 aliphatic rings. The number of ether oxygens (including phenoxy) is 5. The quantitative estimate of drug-likeness (QED) is 0.424. The number of hydrogen-bond donors (Lipinski definition) is 0. The lowest BCUT2D eigenvalue weighted by molar-refractivity contribution is -0.220. The highest BCUT2D eigenvalue weighted by Crippen LogP contribution is 2.56. The fourth-order valence-corrected chi connectivity index (χ4v) is 5.93. The summed E-state index contributed by atoms with van der Waals surface area (Å²) in [6, 6.07) is 19.6. The van der Waals surface area contributed by atoms with Gasteiger partial charge in [0.25, 0.3) is 0 Å². The molecule has 0 amide bonds. The Kier molecular flexibility index (Phi) is 8.23. The summed E-state index contributed by atoms with van der Waals surface area (Å²) >= 11 is 0. The Morgan fingerprint density at radius 1 is 0.912 bits per heavy atom. The van der Waals surface area contributed by atoms with Crippen molar-refractivity contribution in [1.82, 2.24) is 0 Å². The molecule has 9 heteroatoms. The van der Waals surface area contributed by atoms with E-state index in [2.05, 4.69) is 0 Å². The zero-order chi connectivity index (χ0) is 24.2. The molecule has 2 aromatic carbocycles. The molecule has 4 rings (SSSR count). The lowest BCUT2D eigenvalue weighted by Crippen LogP contribution is -2.44. The Labute approximate surface area is 200 Å². The molecule has 0 unspecified atom stereocenters. The van der Waals surface area contributed by atoms with Crippen LogP contribution in [0.5, 0.6) is 0 Å². The van der Waals surface area contributed by atoms with E-state index < -0.39 is 43.6 Å². The molecule has 0 N–H and O–H groups in total. The van der Waals surface area contributed by atoms with E-state index in [1.807, 2.05) is 74.5 Å². The van der Waals surface area contributed by atoms with Gasteiger partial charge in [-0.05, 0) is 25.0 Å². The van der Waals surface area contributed by atoms with Crippen LogP contribution >= 0.6 is 7.60 Å². The Bertz CT molecular complexity index is 946. The zero-order valence-corrected chi connectivity index (χ0v) is 20.9. The van der Waals surface area contributed by atoms with Crippen molar-refractivity contribution in [2.24, 2.45) is 0 Å². The van der Waals surface area contributed by atoms with Gasteiger partial charge in [0.1, 0.15) is 24.0 Å². The summed E-state index contributed by atoms with van der Waals surface area (Å²) in [7, 11) is -0.885. The van der Waals surface area contributed by atoms with Crippen molar-refractivity contribution in [1.29, 1.82) is 0 Å². The van der Waals surface area contributed by atoms with Crippen molar-refractivity contribution in [3.05, 3.63) is 71.8 Å². The fourth-order valence-electron chi connectivity index (χ4n) is 4.35. The van der Waals surface area contributed by atoms with E-state index in [9.17, 15) is 4.57 Å². The van der Waals surface area contributed by atoms with Crippen LogP contribution in [-0.4, -0.2) is 56.9 Å². The summed E-state index contributed by atoms with van der Waals surface area (Å²) < 4.78 is 55.0. The molecule has 2 heterocycles. The lowest BCUT2D eigenvalue weighted by atomic mass is 10.1. The predicted octanol–water partition coefficient (Wildman–Crippen LogP) is 4.52. The molecular weight excluding hydrogens is 459 g/mol. The molecule has 2 aliphatic heterocycles. The molecule has 0 saturated carbocycles. The molecule has 186 valence electrons. The maximum atomic E-state index is 13.6. The van der Waals surface area contributed by atoms with E-state index >= 15 is 0 Å². The highest BCUT2D eigenvalue weighted by molar-refractivity contribution is 7.54. The predicted molar refractivity (Wildman–Crippen MR) is 125 cm³/mol. The van der Waals surface area contributed by atoms with E-state index in [1.165, 1.54) is 14.2 Å². The SMILES string of the molecule is COP(=O)(OC)[C@H](COCc1ccccc1)[C@H]1O[C@@H]2OC(C)(C)O[C@@H]2[C@@H]1OCc1ccccc1. The number of hydrogen-bond acceptors (Lipinski definition) is 8. The van der Waals surface area contributed by atoms with Gasteiger partial charge in [-0.25, -0.2) is 0 Å². The van der Waals surface area contributed by atoms with E-state index in [1.54, 1.807) is 0 Å². The van der Waals surface area contributed by atoms with Crippen LogP contribution in [0.25, 0.3) is 0 Å². The van der Waals surface area contributed by atoms with E-state index in [0.717, 1.165) is 11.1 Å². The number of rotatable bonds is 11. The monoisotopic (exact) mass is 492 g/mol. The highest BCUT2D eigenvalue weighted by atomic mass is 31.2. The minimum absolute atomic E-state index is 0.0759. The molecular formula is C25H33O8P. The molecule has 0 spiro atoms. The maximum Gasteiger partial charge on any atom is 0.338 e. The van der Waals surface area contributed by atoms with Crippen LogP contribution in [0.15, 0.2) is 60.7 Å². The number of fused-ring (bicyclic) bond motifs is 1. The smallest absolute Gasteiger partial charge is 0.338 e. The third-order valence-electron chi connectivity index (χ3n) is 6.01. The van der Waals surface area contributed by atoms with Crippen LogP contribution < -0.4 is 0 Å². The first kappa shape index (κ1) is 25.5. The molecule has 34 heavy (non-hydrogen) atoms. The van der Waals surface area contributed by atoms with Gasteiger partial charge in [-0.3, -0.25) is 4.57 Å². The van der Waals surface area contributed by atoms with Crippen molar-refractivity contribution in [3.63, 3.8) is 0 Å². The first-order valence-corrected chi connectivity index (χ1v) is 13.0. The van der Waals surface area contributed by atoms with Crippen LogP contribution in [0.3, 0.4) is 0 Å². The lowest BCUT2D eigenvalue weighted by Gasteiger charge is -2.33. The second-order valence-corrected chi connectivity index (χ2v) is 11.3. The average Bonchev–Trinajstić information content (AvgIpc) is 3.32. The third kappa shape index (κ3) is 5.78. The summed E-state index contributed by atoms with van der Waals surface area (Å²) in [5.74, 6) is -0.819. The standard InChI is InChI=1S/C25H33O8P/c1-25(2)32-23-22(30-16-19-13-9-6-10-14-19)21(31-24(23)33-25)20(34(26,27-3)28-4)17-29-15-18-11-7-5-8-12-18/h5-14,20-24H,15-17H2,1-4H3/t20-,21-,22-,23-,24-/m1/s1. The van der Waals surface area contributed by atoms with E-state index in [-0.39, 0.29) is 6.61 Å². The Hall–Kier alpha value is -1.61. The van der Waals surface area contributed by atoms with Gasteiger partial charge in [-0.1, -0.05) is 60.7 Å². The summed E-state index contributed by atoms with van der Waals surface area (Å²) in [5, 5.41) is 0. The van der Waals surface area contributed by atoms with Crippen LogP contribution in [0.1, 0.15) is 25.0 Å². The van der Waals surface area contributed by atoms with Crippen LogP contribution in [0.2, 0.25) is 0 Å². The summed E-state index contributed by atoms with van der Waals surface area (Å²) in [4.78, 5) is 0. The highest BCUT2D eigenvalue weighted by Gasteiger charge is 2.60. The molecule has 0 aromatic heterocycles. The van der Waals surface area contributed by atoms with Crippen molar-refractivity contribution in [3.8, 4) is 0 Å². The van der Waals surface area contributed by atoms with Crippen LogP contribution in [0, 0.1) is 0 Å². The molecule has 5 atom stereocenters. The minimum atomic E-state index is -3.61. The van der Waals surface area contributed by atoms with Gasteiger partial charge in [-0.15, -0.1) is 0 Å². The molecule has 2 saturated heterocycles. The van der Waals surface area contributed by atoms with Gasteiger partial charge in [0, 0.05) is 14.2 Å². The third-order valence-corrected chi connectivity index (χ3v) is 8.28. The van der Waals surface area contributed by atoms with Gasteiger partial charge in [0.2, 0.25) is 0 Å². The molecule has 0 aliphatic carbocycles. The van der Waals surface area contributed by atoms with Crippen molar-refractivity contribution >= 4 is 7.60 Å². The second-order valence-electron chi connectivity index (χ2n) is 8.80. The zero-order valence-electron chi connectivity index (χ0n) is 20.0. The molecule has 8 nitrogen and oxygen atoms in total. The fraction of sp³-hybridized carbons (Fsp3) is 0.520. The molecule has 2 aromatic rings. The Balaban J connectivity index is 1.55. The summed E-state index contributed by atoms with van der Waals surface area (Å²) in [5.41, 5.74) is 1.25. The summed E-state index contributed by atoms with van der Waals surface area (Å²) in [6.45, 7) is 4.41. The molecule has 2 fully saturated rings. The van der Waals surface area contributed by atoms with Crippen LogP contribution in [0.4, 0.5) is 0 Å². The van der Waals surface area contributed by atoms with Crippen molar-refractivity contribution in [2.45, 2.75) is 63.1 Å². The molecule has 0 bridgehead atoms. The Morgan fingerprint density at radius 3 is 2.09 bits per heavy atom. The minimum Gasteiger partial charge on any atom is -0.376 e. The first-order valence-electron chi connectivity index (χ1n) is 11.3. The van der Waals surface area contributed by atoms with Gasteiger partial charge in [-0.2, -0.15) is 0 Å². The normalized spacial score (nSPS) is 26.9. The Morgan fingerprint density at radius 2 is 1.50 bits per heavy atom. The van der Waals surface area contributed by atoms with Crippen LogP contribution in [-0.2, 0) is 50.5 Å². The van der Waals surface area contributed by atoms with E-state index in [4.69, 9.17) is 32.7 Å². The van der Waals surface area contributed by atoms with Gasteiger partial charge in [0.05, 0.1) is 19.8 Å². The maximum absolute atomic E-state index is 13.6. The average molecular weight is 493 g/mol. The number of benzene rings is 2. The van der Waals surface area contributed by atoms with Gasteiger partial charge >= 0.3 is 7.60 Å². The van der Waals surface area contributed by atoms with Gasteiger partial charge in [0.15, 0.2) is 12.1 Å². The largest absolute Gasteiger partial charge is 0.376 e. The topological polar surface area (TPSA) is 81.7 Å². The first-order chi connectivity index (χ1) is 16.3.